The predicted octanol–water partition coefficient (Wildman–Crippen LogP) is 4.13. The summed E-state index contributed by atoms with van der Waals surface area (Å²) in [4.78, 5) is 42.1. The molecule has 150 valence electrons. The highest BCUT2D eigenvalue weighted by Crippen LogP contribution is 2.18. The molecule has 8 heteroatoms. The van der Waals surface area contributed by atoms with Crippen molar-refractivity contribution in [1.82, 2.24) is 14.9 Å². The fraction of sp³-hybridized carbons (Fsp3) is 0.579. The van der Waals surface area contributed by atoms with Gasteiger partial charge < -0.3 is 0 Å². The molecule has 1 aromatic rings. The van der Waals surface area contributed by atoms with E-state index in [9.17, 15) is 19.6 Å². The molecular formula is C19H30N4O4. The third kappa shape index (κ3) is 8.17. The summed E-state index contributed by atoms with van der Waals surface area (Å²) in [5.41, 5.74) is -0.432. The third-order valence-electron chi connectivity index (χ3n) is 3.60. The maximum absolute atomic E-state index is 12.6. The first-order chi connectivity index (χ1) is 12.5. The maximum atomic E-state index is 12.6. The Labute approximate surface area is 160 Å². The Bertz CT molecular complexity index is 641. The van der Waals surface area contributed by atoms with Crippen molar-refractivity contribution >= 4 is 23.8 Å². The van der Waals surface area contributed by atoms with Gasteiger partial charge in [0, 0.05) is 19.2 Å². The van der Waals surface area contributed by atoms with E-state index < -0.39 is 23.4 Å². The number of hydroxylamine groups is 2. The number of nitrogens with zero attached hydrogens (tertiary/aromatic N) is 3. The zero-order valence-corrected chi connectivity index (χ0v) is 16.7. The molecule has 5 amide bonds. The number of pyridine rings is 1. The zero-order chi connectivity index (χ0) is 20.6. The third-order valence-corrected chi connectivity index (χ3v) is 3.60. The second-order valence-corrected chi connectivity index (χ2v) is 8.07. The van der Waals surface area contributed by atoms with Gasteiger partial charge in [-0.3, -0.25) is 15.3 Å². The minimum absolute atomic E-state index is 0.0147. The van der Waals surface area contributed by atoms with E-state index in [1.807, 2.05) is 34.6 Å². The van der Waals surface area contributed by atoms with Crippen LogP contribution in [0.4, 0.5) is 15.4 Å². The van der Waals surface area contributed by atoms with Crippen molar-refractivity contribution in [3.8, 4) is 0 Å². The Kier molecular flexibility index (Phi) is 8.36. The highest BCUT2D eigenvalue weighted by atomic mass is 16.5. The molecular weight excluding hydrogens is 348 g/mol. The van der Waals surface area contributed by atoms with Crippen molar-refractivity contribution in [3.05, 3.63) is 24.4 Å². The molecule has 1 rings (SSSR count). The first-order valence-corrected chi connectivity index (χ1v) is 9.06. The Balaban J connectivity index is 2.86. The lowest BCUT2D eigenvalue weighted by Crippen LogP contribution is -2.51. The molecule has 27 heavy (non-hydrogen) atoms. The highest BCUT2D eigenvalue weighted by molar-refractivity contribution is 6.04. The molecule has 0 radical (unpaired) electrons. The first-order valence-electron chi connectivity index (χ1n) is 9.06. The number of anilines is 1. The summed E-state index contributed by atoms with van der Waals surface area (Å²) in [5.74, 6) is -0.0469. The molecule has 0 unspecified atom stereocenters. The van der Waals surface area contributed by atoms with Crippen LogP contribution in [0.2, 0.25) is 0 Å². The van der Waals surface area contributed by atoms with Gasteiger partial charge in [-0.1, -0.05) is 47.1 Å². The van der Waals surface area contributed by atoms with Crippen LogP contribution in [-0.4, -0.2) is 44.7 Å². The van der Waals surface area contributed by atoms with Gasteiger partial charge in [0.15, 0.2) is 0 Å². The van der Waals surface area contributed by atoms with Crippen molar-refractivity contribution in [2.24, 2.45) is 11.3 Å². The molecule has 1 heterocycles. The molecule has 0 saturated carbocycles. The van der Waals surface area contributed by atoms with Gasteiger partial charge >= 0.3 is 12.1 Å². The molecule has 0 atom stereocenters. The number of rotatable bonds is 6. The molecule has 0 aromatic carbocycles. The lowest BCUT2D eigenvalue weighted by Gasteiger charge is -2.30. The largest absolute Gasteiger partial charge is 0.359 e. The van der Waals surface area contributed by atoms with Crippen LogP contribution in [-0.2, 0) is 4.79 Å². The number of urea groups is 2. The molecule has 1 aromatic heterocycles. The van der Waals surface area contributed by atoms with Crippen molar-refractivity contribution < 1.29 is 19.6 Å². The topological polar surface area (TPSA) is 103 Å². The lowest BCUT2D eigenvalue weighted by atomic mass is 9.96. The van der Waals surface area contributed by atoms with Crippen LogP contribution >= 0.6 is 0 Å². The van der Waals surface area contributed by atoms with Crippen LogP contribution < -0.4 is 5.32 Å². The van der Waals surface area contributed by atoms with Gasteiger partial charge in [-0.05, 0) is 29.9 Å². The number of amides is 5. The molecule has 0 fully saturated rings. The van der Waals surface area contributed by atoms with Crippen molar-refractivity contribution in [2.45, 2.75) is 53.9 Å². The summed E-state index contributed by atoms with van der Waals surface area (Å²) in [6.07, 6.45) is 2.90. The van der Waals surface area contributed by atoms with E-state index in [4.69, 9.17) is 0 Å². The number of imide groups is 2. The normalized spacial score (nSPS) is 11.2. The number of carbonyl (C=O) groups is 3. The summed E-state index contributed by atoms with van der Waals surface area (Å²) in [7, 11) is 0. The van der Waals surface area contributed by atoms with E-state index in [0.717, 1.165) is 11.3 Å². The SMILES string of the molecule is CC(C)CCCC(=O)N(O)C(=O)N(CC(C)(C)C)C(=O)Nc1ccccn1. The molecule has 0 aliphatic rings. The monoisotopic (exact) mass is 378 g/mol. The number of hydrogen-bond acceptors (Lipinski definition) is 5. The number of aromatic nitrogens is 1. The average molecular weight is 378 g/mol. The Morgan fingerprint density at radius 3 is 2.41 bits per heavy atom. The number of carbonyl (C=O) groups excluding carboxylic acids is 3. The minimum atomic E-state index is -1.08. The van der Waals surface area contributed by atoms with Crippen molar-refractivity contribution in [1.29, 1.82) is 0 Å². The highest BCUT2D eigenvalue weighted by Gasteiger charge is 2.32. The second kappa shape index (κ2) is 10.0. The second-order valence-electron chi connectivity index (χ2n) is 8.07. The Morgan fingerprint density at radius 1 is 1.22 bits per heavy atom. The number of nitrogens with one attached hydrogen (secondary N) is 1. The fourth-order valence-corrected chi connectivity index (χ4v) is 2.30. The van der Waals surface area contributed by atoms with Gasteiger partial charge in [0.2, 0.25) is 0 Å². The van der Waals surface area contributed by atoms with Gasteiger partial charge in [0.25, 0.3) is 5.91 Å². The molecule has 8 nitrogen and oxygen atoms in total. The molecule has 2 N–H and O–H groups in total. The summed E-state index contributed by atoms with van der Waals surface area (Å²) < 4.78 is 0. The van der Waals surface area contributed by atoms with E-state index in [1.165, 1.54) is 6.20 Å². The van der Waals surface area contributed by atoms with Crippen LogP contribution in [0.5, 0.6) is 0 Å². The van der Waals surface area contributed by atoms with Gasteiger partial charge in [0.05, 0.1) is 0 Å². The minimum Gasteiger partial charge on any atom is -0.292 e. The van der Waals surface area contributed by atoms with Gasteiger partial charge in [0.1, 0.15) is 5.82 Å². The van der Waals surface area contributed by atoms with E-state index in [-0.39, 0.29) is 23.8 Å². The Hall–Kier alpha value is -2.48. The van der Waals surface area contributed by atoms with Crippen molar-refractivity contribution in [2.75, 3.05) is 11.9 Å². The molecule has 0 spiro atoms. The van der Waals surface area contributed by atoms with Gasteiger partial charge in [-0.15, -0.1) is 5.06 Å². The predicted molar refractivity (Wildman–Crippen MR) is 102 cm³/mol. The van der Waals surface area contributed by atoms with E-state index in [2.05, 4.69) is 10.3 Å². The van der Waals surface area contributed by atoms with E-state index >= 15 is 0 Å². The summed E-state index contributed by atoms with van der Waals surface area (Å²) in [6.45, 7) is 9.59. The zero-order valence-electron chi connectivity index (χ0n) is 16.7. The summed E-state index contributed by atoms with van der Waals surface area (Å²) >= 11 is 0. The van der Waals surface area contributed by atoms with Crippen LogP contribution in [0, 0.1) is 11.3 Å². The van der Waals surface area contributed by atoms with E-state index in [1.54, 1.807) is 18.2 Å². The van der Waals surface area contributed by atoms with Crippen LogP contribution in [0.3, 0.4) is 0 Å². The maximum Gasteiger partial charge on any atom is 0.359 e. The first kappa shape index (κ1) is 22.6. The average Bonchev–Trinajstić information content (AvgIpc) is 2.58. The van der Waals surface area contributed by atoms with E-state index in [0.29, 0.717) is 12.3 Å². The fourth-order valence-electron chi connectivity index (χ4n) is 2.30. The molecule has 0 aliphatic heterocycles. The smallest absolute Gasteiger partial charge is 0.292 e. The summed E-state index contributed by atoms with van der Waals surface area (Å²) in [5, 5.41) is 12.6. The summed E-state index contributed by atoms with van der Waals surface area (Å²) in [6, 6.07) is 3.12. The van der Waals surface area contributed by atoms with Gasteiger partial charge in [-0.2, -0.15) is 0 Å². The van der Waals surface area contributed by atoms with Crippen LogP contribution in [0.15, 0.2) is 24.4 Å². The molecule has 0 bridgehead atoms. The van der Waals surface area contributed by atoms with Crippen LogP contribution in [0.25, 0.3) is 0 Å². The van der Waals surface area contributed by atoms with Gasteiger partial charge in [-0.25, -0.2) is 19.5 Å². The quantitative estimate of drug-likeness (QED) is 0.572. The standard InChI is InChI=1S/C19H30N4O4/c1-14(2)9-8-11-16(24)23(27)18(26)22(13-19(3,4)5)17(25)21-15-10-6-7-12-20-15/h6-7,10,12,14,27H,8-9,11,13H2,1-5H3,(H,20,21,25). The molecule has 0 saturated heterocycles. The number of hydrogen-bond donors (Lipinski definition) is 2. The van der Waals surface area contributed by atoms with Crippen LogP contribution in [0.1, 0.15) is 53.9 Å². The Morgan fingerprint density at radius 2 is 1.89 bits per heavy atom. The molecule has 0 aliphatic carbocycles. The lowest BCUT2D eigenvalue weighted by molar-refractivity contribution is -0.154. The van der Waals surface area contributed by atoms with Crippen molar-refractivity contribution in [3.63, 3.8) is 0 Å².